The lowest BCUT2D eigenvalue weighted by Crippen LogP contribution is -2.33. The van der Waals surface area contributed by atoms with Crippen LogP contribution in [0.3, 0.4) is 0 Å². The summed E-state index contributed by atoms with van der Waals surface area (Å²) in [7, 11) is 0. The lowest BCUT2D eigenvalue weighted by Gasteiger charge is -2.10. The number of hydrogen-bond donors (Lipinski definition) is 4. The van der Waals surface area contributed by atoms with Gasteiger partial charge in [0.25, 0.3) is 22.9 Å². The minimum atomic E-state index is -0.588. The van der Waals surface area contributed by atoms with Crippen molar-refractivity contribution in [3.8, 4) is 11.4 Å². The second-order valence-electron chi connectivity index (χ2n) is 10.8. The molecule has 2 aromatic heterocycles. The van der Waals surface area contributed by atoms with Gasteiger partial charge in [-0.25, -0.2) is 18.7 Å². The van der Waals surface area contributed by atoms with E-state index >= 15 is 0 Å². The number of fused-ring (bicyclic) bond motifs is 2. The van der Waals surface area contributed by atoms with E-state index in [9.17, 15) is 28.8 Å². The Morgan fingerprint density at radius 3 is 1.19 bits per heavy atom. The topological polar surface area (TPSA) is 168 Å². The second-order valence-corrected chi connectivity index (χ2v) is 10.8. The number of para-hydroxylation sites is 2. The fraction of sp³-hybridized carbons (Fsp3) is 0. The Labute approximate surface area is 269 Å². The molecule has 0 saturated heterocycles. The van der Waals surface area contributed by atoms with E-state index in [0.29, 0.717) is 55.7 Å². The van der Waals surface area contributed by atoms with Gasteiger partial charge in [-0.1, -0.05) is 24.3 Å². The van der Waals surface area contributed by atoms with Crippen LogP contribution in [0.5, 0.6) is 0 Å². The Kier molecular flexibility index (Phi) is 7.42. The maximum Gasteiger partial charge on any atom is 0.333 e. The number of nitrogens with one attached hydrogen (secondary N) is 4. The summed E-state index contributed by atoms with van der Waals surface area (Å²) in [6, 6.07) is 32.0. The zero-order valence-corrected chi connectivity index (χ0v) is 24.9. The third-order valence-corrected chi connectivity index (χ3v) is 7.79. The van der Waals surface area contributed by atoms with Crippen molar-refractivity contribution in [2.45, 2.75) is 0 Å². The molecule has 0 aliphatic rings. The maximum atomic E-state index is 12.9. The van der Waals surface area contributed by atoms with Crippen LogP contribution in [0.4, 0.5) is 11.4 Å². The van der Waals surface area contributed by atoms with Gasteiger partial charge in [-0.3, -0.25) is 19.2 Å². The molecule has 4 N–H and O–H groups in total. The number of H-pyrrole nitrogens is 2. The first-order chi connectivity index (χ1) is 23.3. The van der Waals surface area contributed by atoms with Crippen LogP contribution in [0.1, 0.15) is 20.7 Å². The van der Waals surface area contributed by atoms with Crippen molar-refractivity contribution in [1.82, 2.24) is 19.1 Å². The van der Waals surface area contributed by atoms with Gasteiger partial charge in [-0.05, 0) is 97.1 Å². The molecule has 0 fully saturated rings. The Balaban J connectivity index is 1.01. The van der Waals surface area contributed by atoms with Gasteiger partial charge < -0.3 is 20.6 Å². The molecule has 0 unspecified atom stereocenters. The van der Waals surface area contributed by atoms with Crippen molar-refractivity contribution in [2.75, 3.05) is 10.6 Å². The molecule has 7 rings (SSSR count). The second kappa shape index (κ2) is 12.0. The number of rotatable bonds is 6. The first kappa shape index (κ1) is 29.6. The largest absolute Gasteiger partial charge is 0.333 e. The van der Waals surface area contributed by atoms with Crippen LogP contribution in [0.25, 0.3) is 33.2 Å². The van der Waals surface area contributed by atoms with E-state index in [0.717, 1.165) is 9.13 Å². The quantitative estimate of drug-likeness (QED) is 0.214. The smallest absolute Gasteiger partial charge is 0.322 e. The number of nitrogens with zero attached hydrogens (tertiary/aromatic N) is 2. The summed E-state index contributed by atoms with van der Waals surface area (Å²) in [6.45, 7) is 0. The molecule has 0 radical (unpaired) electrons. The van der Waals surface area contributed by atoms with Gasteiger partial charge in [0, 0.05) is 22.5 Å². The molecular formula is C36H24N6O6. The van der Waals surface area contributed by atoms with E-state index in [1.54, 1.807) is 72.8 Å². The third kappa shape index (κ3) is 5.49. The first-order valence-electron chi connectivity index (χ1n) is 14.7. The highest BCUT2D eigenvalue weighted by atomic mass is 16.2. The maximum absolute atomic E-state index is 12.9. The molecule has 12 nitrogen and oxygen atoms in total. The Bertz CT molecular complexity index is 2430. The van der Waals surface area contributed by atoms with Crippen molar-refractivity contribution in [2.24, 2.45) is 0 Å². The number of hydrogen-bond acceptors (Lipinski definition) is 6. The van der Waals surface area contributed by atoms with Gasteiger partial charge in [-0.15, -0.1) is 0 Å². The molecule has 2 amide bonds. The van der Waals surface area contributed by atoms with Gasteiger partial charge in [0.2, 0.25) is 0 Å². The fourth-order valence-electron chi connectivity index (χ4n) is 5.36. The number of benzene rings is 5. The van der Waals surface area contributed by atoms with Crippen molar-refractivity contribution < 1.29 is 9.59 Å². The van der Waals surface area contributed by atoms with Crippen molar-refractivity contribution >= 4 is 45.0 Å². The number of amides is 2. The summed E-state index contributed by atoms with van der Waals surface area (Å²) < 4.78 is 2.03. The molecule has 0 spiro atoms. The van der Waals surface area contributed by atoms with Gasteiger partial charge in [-0.2, -0.15) is 0 Å². The van der Waals surface area contributed by atoms with E-state index in [-0.39, 0.29) is 0 Å². The van der Waals surface area contributed by atoms with E-state index in [1.807, 2.05) is 0 Å². The van der Waals surface area contributed by atoms with Gasteiger partial charge in [0.05, 0.1) is 33.2 Å². The number of carbonyl (C=O) groups excluding carboxylic acids is 2. The van der Waals surface area contributed by atoms with Crippen LogP contribution in [0.2, 0.25) is 0 Å². The molecule has 0 aliphatic carbocycles. The zero-order chi connectivity index (χ0) is 33.4. The Morgan fingerprint density at radius 1 is 0.458 bits per heavy atom. The van der Waals surface area contributed by atoms with E-state index < -0.39 is 34.3 Å². The summed E-state index contributed by atoms with van der Waals surface area (Å²) in [6.07, 6.45) is 0. The number of aromatic nitrogens is 4. The van der Waals surface area contributed by atoms with E-state index in [2.05, 4.69) is 20.6 Å². The van der Waals surface area contributed by atoms with Crippen LogP contribution >= 0.6 is 0 Å². The van der Waals surface area contributed by atoms with Crippen molar-refractivity contribution in [1.29, 1.82) is 0 Å². The molecule has 12 heteroatoms. The number of aromatic amines is 2. The lowest BCUT2D eigenvalue weighted by molar-refractivity contribution is 0.101. The standard InChI is InChI=1S/C36H24N6O6/c43-31(21-9-17-25(18-10-21)41-33(45)27-5-1-3-7-29(27)39-35(41)47)37-23-13-15-24(16-14-23)38-32(44)22-11-19-26(20-12-22)42-34(46)28-6-2-4-8-30(28)40-36(42)48/h1-20H,(H,37,43)(H,38,44)(H,39,47)(H,40,48). The predicted molar refractivity (Wildman–Crippen MR) is 183 cm³/mol. The number of anilines is 2. The monoisotopic (exact) mass is 636 g/mol. The van der Waals surface area contributed by atoms with Gasteiger partial charge in [0.1, 0.15) is 0 Å². The van der Waals surface area contributed by atoms with Crippen LogP contribution in [0.15, 0.2) is 141 Å². The molecular weight excluding hydrogens is 612 g/mol. The molecule has 234 valence electrons. The van der Waals surface area contributed by atoms with Gasteiger partial charge in [0.15, 0.2) is 0 Å². The molecule has 7 aromatic rings. The minimum Gasteiger partial charge on any atom is -0.322 e. The summed E-state index contributed by atoms with van der Waals surface area (Å²) >= 11 is 0. The summed E-state index contributed by atoms with van der Waals surface area (Å²) in [5.74, 6) is -0.829. The molecule has 0 bridgehead atoms. The van der Waals surface area contributed by atoms with Gasteiger partial charge >= 0.3 is 11.4 Å². The zero-order valence-electron chi connectivity index (χ0n) is 24.9. The minimum absolute atomic E-state index is 0.304. The van der Waals surface area contributed by atoms with E-state index in [4.69, 9.17) is 0 Å². The SMILES string of the molecule is O=C(Nc1ccc(NC(=O)c2ccc(-n3c(=O)[nH]c4ccccc4c3=O)cc2)cc1)c1ccc(-n2c(=O)[nH]c3ccccc3c2=O)cc1. The predicted octanol–water partition coefficient (Wildman–Crippen LogP) is 4.18. The highest BCUT2D eigenvalue weighted by molar-refractivity contribution is 6.06. The number of carbonyl (C=O) groups is 2. The van der Waals surface area contributed by atoms with Crippen molar-refractivity contribution in [3.05, 3.63) is 174 Å². The summed E-state index contributed by atoms with van der Waals surface area (Å²) in [5.41, 5.74) is 0.947. The average Bonchev–Trinajstić information content (AvgIpc) is 3.10. The molecule has 5 aromatic carbocycles. The van der Waals surface area contributed by atoms with Crippen LogP contribution in [-0.2, 0) is 0 Å². The van der Waals surface area contributed by atoms with E-state index in [1.165, 1.54) is 48.5 Å². The molecule has 0 atom stereocenters. The molecule has 0 saturated carbocycles. The first-order valence-corrected chi connectivity index (χ1v) is 14.7. The summed E-state index contributed by atoms with van der Waals surface area (Å²) in [4.78, 5) is 82.2. The van der Waals surface area contributed by atoms with Crippen molar-refractivity contribution in [3.63, 3.8) is 0 Å². The average molecular weight is 637 g/mol. The molecule has 48 heavy (non-hydrogen) atoms. The Morgan fingerprint density at radius 2 is 0.812 bits per heavy atom. The Hall–Kier alpha value is -7.08. The molecule has 2 heterocycles. The van der Waals surface area contributed by atoms with Crippen LogP contribution in [0, 0.1) is 0 Å². The fourth-order valence-corrected chi connectivity index (χ4v) is 5.36. The molecule has 0 aliphatic heterocycles. The highest BCUT2D eigenvalue weighted by Crippen LogP contribution is 2.17. The normalized spacial score (nSPS) is 11.0. The van der Waals surface area contributed by atoms with Crippen LogP contribution in [-0.4, -0.2) is 30.9 Å². The summed E-state index contributed by atoms with van der Waals surface area (Å²) in [5, 5.41) is 6.28. The van der Waals surface area contributed by atoms with Crippen LogP contribution < -0.4 is 33.1 Å². The third-order valence-electron chi connectivity index (χ3n) is 7.79. The highest BCUT2D eigenvalue weighted by Gasteiger charge is 2.13. The lowest BCUT2D eigenvalue weighted by atomic mass is 10.1.